The minimum atomic E-state index is -0.166. The first-order valence-corrected chi connectivity index (χ1v) is 10.2. The maximum Gasteiger partial charge on any atom is 0.277 e. The van der Waals surface area contributed by atoms with E-state index in [1.54, 1.807) is 7.11 Å². The highest BCUT2D eigenvalue weighted by molar-refractivity contribution is 6.35. The number of likely N-dealkylation sites (N-methyl/N-ethyl adjacent to an activating group) is 1. The number of hydrogen-bond donors (Lipinski definition) is 0. The summed E-state index contributed by atoms with van der Waals surface area (Å²) in [5, 5.41) is 0. The highest BCUT2D eigenvalue weighted by atomic mass is 16.5. The molecule has 6 heteroatoms. The number of carbonyl (C=O) groups is 2. The number of amides is 2. The third-order valence-electron chi connectivity index (χ3n) is 5.58. The molecular formula is C22H31N3O3. The van der Waals surface area contributed by atoms with Crippen LogP contribution in [0.25, 0.3) is 5.57 Å². The number of hydrogen-bond acceptors (Lipinski definition) is 5. The summed E-state index contributed by atoms with van der Waals surface area (Å²) in [6, 6.07) is 7.42. The fourth-order valence-electron chi connectivity index (χ4n) is 3.80. The first-order valence-electron chi connectivity index (χ1n) is 10.2. The van der Waals surface area contributed by atoms with E-state index < -0.39 is 0 Å². The van der Waals surface area contributed by atoms with Crippen molar-refractivity contribution in [2.45, 2.75) is 32.6 Å². The van der Waals surface area contributed by atoms with Crippen LogP contribution in [0.4, 0.5) is 0 Å². The lowest BCUT2D eigenvalue weighted by Gasteiger charge is -2.34. The second kappa shape index (κ2) is 9.24. The Morgan fingerprint density at radius 3 is 2.21 bits per heavy atom. The molecule has 28 heavy (non-hydrogen) atoms. The summed E-state index contributed by atoms with van der Waals surface area (Å²) >= 11 is 0. The van der Waals surface area contributed by atoms with Crippen LogP contribution in [-0.4, -0.2) is 73.4 Å². The van der Waals surface area contributed by atoms with Crippen molar-refractivity contribution in [3.05, 3.63) is 35.5 Å². The number of piperazine rings is 1. The monoisotopic (exact) mass is 385 g/mol. The number of imide groups is 1. The average Bonchev–Trinajstić information content (AvgIpc) is 2.96. The standard InChI is InChI=1S/C22H31N3O3/c1-4-5-6-7-12-25-21(26)19(17-8-10-18(28-3)11-9-17)20(22(25)27)24-15-13-23(2)14-16-24/h8-11H,4-7,12-16H2,1-3H3. The van der Waals surface area contributed by atoms with Crippen LogP contribution in [0.3, 0.4) is 0 Å². The minimum Gasteiger partial charge on any atom is -0.497 e. The van der Waals surface area contributed by atoms with Gasteiger partial charge in [0.15, 0.2) is 0 Å². The largest absolute Gasteiger partial charge is 0.497 e. The molecule has 0 spiro atoms. The van der Waals surface area contributed by atoms with E-state index in [1.165, 1.54) is 4.90 Å². The number of ether oxygens (including phenoxy) is 1. The van der Waals surface area contributed by atoms with Crippen LogP contribution in [0.15, 0.2) is 30.0 Å². The lowest BCUT2D eigenvalue weighted by Crippen LogP contribution is -2.46. The molecule has 3 rings (SSSR count). The van der Waals surface area contributed by atoms with Crippen molar-refractivity contribution in [2.24, 2.45) is 0 Å². The van der Waals surface area contributed by atoms with E-state index in [-0.39, 0.29) is 11.8 Å². The topological polar surface area (TPSA) is 53.1 Å². The van der Waals surface area contributed by atoms with E-state index in [1.807, 2.05) is 24.3 Å². The second-order valence-electron chi connectivity index (χ2n) is 7.57. The van der Waals surface area contributed by atoms with Gasteiger partial charge in [-0.15, -0.1) is 0 Å². The van der Waals surface area contributed by atoms with E-state index >= 15 is 0 Å². The van der Waals surface area contributed by atoms with Gasteiger partial charge in [0.05, 0.1) is 12.7 Å². The van der Waals surface area contributed by atoms with Gasteiger partial charge in [-0.05, 0) is 31.2 Å². The Morgan fingerprint density at radius 1 is 0.929 bits per heavy atom. The average molecular weight is 386 g/mol. The van der Waals surface area contributed by atoms with E-state index in [4.69, 9.17) is 4.74 Å². The molecule has 2 amide bonds. The molecule has 1 saturated heterocycles. The molecule has 2 heterocycles. The fourth-order valence-corrected chi connectivity index (χ4v) is 3.80. The predicted octanol–water partition coefficient (Wildman–Crippen LogP) is 2.60. The Labute approximate surface area is 167 Å². The molecule has 1 fully saturated rings. The third kappa shape index (κ3) is 4.22. The highest BCUT2D eigenvalue weighted by Crippen LogP contribution is 2.33. The molecule has 0 atom stereocenters. The predicted molar refractivity (Wildman–Crippen MR) is 110 cm³/mol. The number of nitrogens with zero attached hydrogens (tertiary/aromatic N) is 3. The van der Waals surface area contributed by atoms with Gasteiger partial charge in [-0.25, -0.2) is 0 Å². The minimum absolute atomic E-state index is 0.142. The van der Waals surface area contributed by atoms with E-state index in [0.717, 1.165) is 63.2 Å². The van der Waals surface area contributed by atoms with Crippen molar-refractivity contribution in [1.82, 2.24) is 14.7 Å². The molecule has 0 bridgehead atoms. The second-order valence-corrected chi connectivity index (χ2v) is 7.57. The van der Waals surface area contributed by atoms with Gasteiger partial charge in [0, 0.05) is 32.7 Å². The first kappa shape index (κ1) is 20.4. The van der Waals surface area contributed by atoms with Gasteiger partial charge in [-0.2, -0.15) is 0 Å². The van der Waals surface area contributed by atoms with Crippen LogP contribution >= 0.6 is 0 Å². The summed E-state index contributed by atoms with van der Waals surface area (Å²) in [5.74, 6) is 0.427. The number of rotatable bonds is 8. The summed E-state index contributed by atoms with van der Waals surface area (Å²) in [5.41, 5.74) is 1.88. The van der Waals surface area contributed by atoms with Crippen LogP contribution in [0.1, 0.15) is 38.2 Å². The van der Waals surface area contributed by atoms with E-state index in [9.17, 15) is 9.59 Å². The SMILES string of the molecule is CCCCCCN1C(=O)C(c2ccc(OC)cc2)=C(N2CCN(C)CC2)C1=O. The summed E-state index contributed by atoms with van der Waals surface area (Å²) in [6.45, 7) is 5.94. The summed E-state index contributed by atoms with van der Waals surface area (Å²) in [7, 11) is 3.70. The van der Waals surface area contributed by atoms with Gasteiger partial charge in [-0.1, -0.05) is 38.3 Å². The highest BCUT2D eigenvalue weighted by Gasteiger charge is 2.41. The molecule has 0 saturated carbocycles. The molecule has 0 unspecified atom stereocenters. The normalized spacial score (nSPS) is 18.4. The van der Waals surface area contributed by atoms with E-state index in [2.05, 4.69) is 23.8 Å². The van der Waals surface area contributed by atoms with Crippen LogP contribution in [0.5, 0.6) is 5.75 Å². The van der Waals surface area contributed by atoms with Crippen molar-refractivity contribution in [1.29, 1.82) is 0 Å². The third-order valence-corrected chi connectivity index (χ3v) is 5.58. The van der Waals surface area contributed by atoms with Crippen LogP contribution < -0.4 is 4.74 Å². The maximum absolute atomic E-state index is 13.2. The van der Waals surface area contributed by atoms with Crippen LogP contribution in [0, 0.1) is 0 Å². The van der Waals surface area contributed by atoms with Gasteiger partial charge >= 0.3 is 0 Å². The summed E-state index contributed by atoms with van der Waals surface area (Å²) in [6.07, 6.45) is 4.15. The summed E-state index contributed by atoms with van der Waals surface area (Å²) < 4.78 is 5.24. The lowest BCUT2D eigenvalue weighted by atomic mass is 10.0. The van der Waals surface area contributed by atoms with Crippen LogP contribution in [0.2, 0.25) is 0 Å². The Kier molecular flexibility index (Phi) is 6.73. The zero-order valence-corrected chi connectivity index (χ0v) is 17.2. The Balaban J connectivity index is 1.90. The zero-order valence-electron chi connectivity index (χ0n) is 17.2. The van der Waals surface area contributed by atoms with Gasteiger partial charge < -0.3 is 14.5 Å². The molecule has 0 aromatic heterocycles. The lowest BCUT2D eigenvalue weighted by molar-refractivity contribution is -0.137. The van der Waals surface area contributed by atoms with Gasteiger partial charge in [0.2, 0.25) is 0 Å². The molecule has 0 aliphatic carbocycles. The molecular weight excluding hydrogens is 354 g/mol. The number of carbonyl (C=O) groups excluding carboxylic acids is 2. The van der Waals surface area contributed by atoms with Crippen molar-refractivity contribution >= 4 is 17.4 Å². The molecule has 2 aliphatic rings. The number of benzene rings is 1. The number of unbranched alkanes of at least 4 members (excludes halogenated alkanes) is 3. The smallest absolute Gasteiger partial charge is 0.277 e. The molecule has 152 valence electrons. The van der Waals surface area contributed by atoms with Crippen molar-refractivity contribution in [3.8, 4) is 5.75 Å². The van der Waals surface area contributed by atoms with Gasteiger partial charge in [-0.3, -0.25) is 14.5 Å². The van der Waals surface area contributed by atoms with Crippen molar-refractivity contribution in [3.63, 3.8) is 0 Å². The molecule has 6 nitrogen and oxygen atoms in total. The van der Waals surface area contributed by atoms with Crippen molar-refractivity contribution in [2.75, 3.05) is 46.9 Å². The summed E-state index contributed by atoms with van der Waals surface area (Å²) in [4.78, 5) is 32.2. The van der Waals surface area contributed by atoms with Crippen LogP contribution in [-0.2, 0) is 9.59 Å². The Bertz CT molecular complexity index is 734. The maximum atomic E-state index is 13.2. The fraction of sp³-hybridized carbons (Fsp3) is 0.545. The van der Waals surface area contributed by atoms with E-state index in [0.29, 0.717) is 17.8 Å². The molecule has 1 aromatic rings. The molecule has 2 aliphatic heterocycles. The molecule has 0 radical (unpaired) electrons. The first-order chi connectivity index (χ1) is 13.6. The van der Waals surface area contributed by atoms with Crippen molar-refractivity contribution < 1.29 is 14.3 Å². The van der Waals surface area contributed by atoms with Gasteiger partial charge in [0.1, 0.15) is 11.4 Å². The Morgan fingerprint density at radius 2 is 1.61 bits per heavy atom. The molecule has 1 aromatic carbocycles. The zero-order chi connectivity index (χ0) is 20.1. The Hall–Kier alpha value is -2.34. The number of methoxy groups -OCH3 is 1. The molecule has 0 N–H and O–H groups in total. The van der Waals surface area contributed by atoms with Gasteiger partial charge in [0.25, 0.3) is 11.8 Å². The quantitative estimate of drug-likeness (QED) is 0.509.